The number of allylic oxidation sites excluding steroid dienone is 2. The maximum atomic E-state index is 5.89. The summed E-state index contributed by atoms with van der Waals surface area (Å²) in [6.07, 6.45) is 6.15. The molecule has 0 bridgehead atoms. The van der Waals surface area contributed by atoms with E-state index in [1.54, 1.807) is 0 Å². The molecule has 2 aromatic carbocycles. The highest BCUT2D eigenvalue weighted by atomic mass is 16.5. The second kappa shape index (κ2) is 16.5. The monoisotopic (exact) mass is 492 g/mol. The molecule has 0 amide bonds. The molecule has 0 saturated carbocycles. The van der Waals surface area contributed by atoms with E-state index in [4.69, 9.17) is 18.9 Å². The predicted octanol–water partition coefficient (Wildman–Crippen LogP) is 8.74. The van der Waals surface area contributed by atoms with Crippen molar-refractivity contribution in [2.24, 2.45) is 5.92 Å². The van der Waals surface area contributed by atoms with Crippen LogP contribution in [0.2, 0.25) is 0 Å². The zero-order valence-electron chi connectivity index (χ0n) is 22.5. The van der Waals surface area contributed by atoms with Gasteiger partial charge in [-0.25, -0.2) is 0 Å². The molecule has 0 unspecified atom stereocenters. The van der Waals surface area contributed by atoms with Crippen LogP contribution in [0.15, 0.2) is 85.4 Å². The molecular formula is C32H44O4. The Hall–Kier alpha value is -3.14. The van der Waals surface area contributed by atoms with Crippen molar-refractivity contribution >= 4 is 0 Å². The van der Waals surface area contributed by atoms with E-state index in [9.17, 15) is 0 Å². The van der Waals surface area contributed by atoms with Gasteiger partial charge in [-0.1, -0.05) is 57.8 Å². The minimum absolute atomic E-state index is 0.378. The molecule has 0 radical (unpaired) electrons. The largest absolute Gasteiger partial charge is 0.498 e. The minimum atomic E-state index is 0.378. The van der Waals surface area contributed by atoms with Gasteiger partial charge < -0.3 is 18.9 Å². The van der Waals surface area contributed by atoms with Crippen molar-refractivity contribution in [3.8, 4) is 22.6 Å². The molecule has 4 heteroatoms. The van der Waals surface area contributed by atoms with E-state index < -0.39 is 0 Å². The maximum absolute atomic E-state index is 5.89. The molecule has 196 valence electrons. The first kappa shape index (κ1) is 29.1. The summed E-state index contributed by atoms with van der Waals surface area (Å²) in [5.41, 5.74) is 3.20. The summed E-state index contributed by atoms with van der Waals surface area (Å²) in [5, 5.41) is 0. The van der Waals surface area contributed by atoms with E-state index in [1.807, 2.05) is 31.2 Å². The van der Waals surface area contributed by atoms with Crippen molar-refractivity contribution in [3.63, 3.8) is 0 Å². The molecule has 0 fully saturated rings. The molecule has 2 rings (SSSR count). The summed E-state index contributed by atoms with van der Waals surface area (Å²) in [5.74, 6) is 3.72. The highest BCUT2D eigenvalue weighted by Gasteiger charge is 2.03. The minimum Gasteiger partial charge on any atom is -0.498 e. The topological polar surface area (TPSA) is 36.9 Å². The van der Waals surface area contributed by atoms with Crippen molar-refractivity contribution in [2.75, 3.05) is 26.4 Å². The number of hydrogen-bond acceptors (Lipinski definition) is 4. The van der Waals surface area contributed by atoms with Crippen LogP contribution in [0.4, 0.5) is 0 Å². The Morgan fingerprint density at radius 1 is 0.611 bits per heavy atom. The van der Waals surface area contributed by atoms with E-state index in [0.29, 0.717) is 31.5 Å². The lowest BCUT2D eigenvalue weighted by molar-refractivity contribution is 0.179. The standard InChI is InChI=1S/C32H44O4/c1-25(2)27(5)33-21-9-7-11-23-35-31-17-13-29(14-18-31)30-15-19-32(20-16-30)36-24-12-8-10-22-34-28(6)26(3)4/h13-20,26H,1,5-12,21-24H2,2-4H3. The summed E-state index contributed by atoms with van der Waals surface area (Å²) in [6.45, 7) is 20.5. The van der Waals surface area contributed by atoms with E-state index in [0.717, 1.165) is 79.1 Å². The fraction of sp³-hybridized carbons (Fsp3) is 0.438. The Balaban J connectivity index is 1.60. The van der Waals surface area contributed by atoms with Gasteiger partial charge in [-0.2, -0.15) is 0 Å². The SMILES string of the molecule is C=C(C)C(=C)OCCCCCOc1ccc(-c2ccc(OCCCCCOC(=C)C(C)C)cc2)cc1. The van der Waals surface area contributed by atoms with Crippen LogP contribution >= 0.6 is 0 Å². The van der Waals surface area contributed by atoms with Gasteiger partial charge in [-0.05, 0) is 86.4 Å². The second-order valence-electron chi connectivity index (χ2n) is 9.39. The summed E-state index contributed by atoms with van der Waals surface area (Å²) >= 11 is 0. The predicted molar refractivity (Wildman–Crippen MR) is 150 cm³/mol. The Kier molecular flexibility index (Phi) is 13.3. The van der Waals surface area contributed by atoms with Crippen LogP contribution in [-0.2, 0) is 9.47 Å². The molecule has 0 atom stereocenters. The average Bonchev–Trinajstić information content (AvgIpc) is 2.88. The molecule has 2 aromatic rings. The smallest absolute Gasteiger partial charge is 0.119 e. The second-order valence-corrected chi connectivity index (χ2v) is 9.39. The van der Waals surface area contributed by atoms with E-state index in [2.05, 4.69) is 57.8 Å². The van der Waals surface area contributed by atoms with Crippen LogP contribution in [-0.4, -0.2) is 26.4 Å². The fourth-order valence-corrected chi connectivity index (χ4v) is 3.32. The van der Waals surface area contributed by atoms with Crippen molar-refractivity contribution < 1.29 is 18.9 Å². The number of unbranched alkanes of at least 4 members (excludes halogenated alkanes) is 4. The summed E-state index contributed by atoms with van der Waals surface area (Å²) < 4.78 is 22.9. The Bertz CT molecular complexity index is 926. The summed E-state index contributed by atoms with van der Waals surface area (Å²) in [7, 11) is 0. The first-order chi connectivity index (χ1) is 17.4. The Morgan fingerprint density at radius 2 is 1.03 bits per heavy atom. The third kappa shape index (κ3) is 11.5. The number of hydrogen-bond donors (Lipinski definition) is 0. The molecule has 0 aliphatic heterocycles. The Labute approximate surface area is 218 Å². The lowest BCUT2D eigenvalue weighted by atomic mass is 10.1. The van der Waals surface area contributed by atoms with Gasteiger partial charge in [0.15, 0.2) is 0 Å². The molecule has 0 aliphatic carbocycles. The molecule has 0 N–H and O–H groups in total. The molecular weight excluding hydrogens is 448 g/mol. The first-order valence-electron chi connectivity index (χ1n) is 13.1. The van der Waals surface area contributed by atoms with Crippen molar-refractivity contribution in [1.82, 2.24) is 0 Å². The molecule has 0 aliphatic rings. The van der Waals surface area contributed by atoms with E-state index >= 15 is 0 Å². The summed E-state index contributed by atoms with van der Waals surface area (Å²) in [4.78, 5) is 0. The van der Waals surface area contributed by atoms with Gasteiger partial charge in [-0.3, -0.25) is 0 Å². The van der Waals surface area contributed by atoms with Crippen LogP contribution < -0.4 is 9.47 Å². The fourth-order valence-electron chi connectivity index (χ4n) is 3.32. The number of rotatable bonds is 19. The normalized spacial score (nSPS) is 10.7. The van der Waals surface area contributed by atoms with Gasteiger partial charge >= 0.3 is 0 Å². The highest BCUT2D eigenvalue weighted by molar-refractivity contribution is 5.64. The van der Waals surface area contributed by atoms with Gasteiger partial charge in [0.05, 0.1) is 32.2 Å². The van der Waals surface area contributed by atoms with Crippen LogP contribution in [0.5, 0.6) is 11.5 Å². The third-order valence-corrected chi connectivity index (χ3v) is 5.84. The van der Waals surface area contributed by atoms with Gasteiger partial charge in [0.2, 0.25) is 0 Å². The number of ether oxygens (including phenoxy) is 4. The van der Waals surface area contributed by atoms with Crippen LogP contribution in [0, 0.1) is 5.92 Å². The zero-order chi connectivity index (χ0) is 26.2. The number of benzene rings is 2. The summed E-state index contributed by atoms with van der Waals surface area (Å²) in [6, 6.07) is 16.5. The van der Waals surface area contributed by atoms with Gasteiger partial charge in [0.25, 0.3) is 0 Å². The molecule has 0 spiro atoms. The zero-order valence-corrected chi connectivity index (χ0v) is 22.5. The van der Waals surface area contributed by atoms with Crippen LogP contribution in [0.25, 0.3) is 11.1 Å². The third-order valence-electron chi connectivity index (χ3n) is 5.84. The van der Waals surface area contributed by atoms with Gasteiger partial charge in [0.1, 0.15) is 17.3 Å². The van der Waals surface area contributed by atoms with Crippen molar-refractivity contribution in [3.05, 3.63) is 85.4 Å². The van der Waals surface area contributed by atoms with Crippen LogP contribution in [0.3, 0.4) is 0 Å². The Morgan fingerprint density at radius 3 is 1.44 bits per heavy atom. The van der Waals surface area contributed by atoms with Crippen LogP contribution in [0.1, 0.15) is 59.3 Å². The van der Waals surface area contributed by atoms with Gasteiger partial charge in [0, 0.05) is 5.92 Å². The molecule has 0 heterocycles. The average molecular weight is 493 g/mol. The van der Waals surface area contributed by atoms with E-state index in [1.165, 1.54) is 0 Å². The van der Waals surface area contributed by atoms with Crippen molar-refractivity contribution in [1.29, 1.82) is 0 Å². The quantitative estimate of drug-likeness (QED) is 0.112. The molecule has 36 heavy (non-hydrogen) atoms. The van der Waals surface area contributed by atoms with Gasteiger partial charge in [-0.15, -0.1) is 0 Å². The lowest BCUT2D eigenvalue weighted by Crippen LogP contribution is -2.02. The first-order valence-corrected chi connectivity index (χ1v) is 13.1. The molecule has 0 aromatic heterocycles. The maximum Gasteiger partial charge on any atom is 0.119 e. The highest BCUT2D eigenvalue weighted by Crippen LogP contribution is 2.25. The van der Waals surface area contributed by atoms with E-state index in [-0.39, 0.29) is 0 Å². The molecule has 4 nitrogen and oxygen atoms in total. The van der Waals surface area contributed by atoms with Crippen molar-refractivity contribution in [2.45, 2.75) is 59.3 Å². The lowest BCUT2D eigenvalue weighted by Gasteiger charge is -2.12. The molecule has 0 saturated heterocycles.